The van der Waals surface area contributed by atoms with E-state index in [-0.39, 0.29) is 11.9 Å². The van der Waals surface area contributed by atoms with Crippen molar-refractivity contribution in [3.8, 4) is 11.5 Å². The van der Waals surface area contributed by atoms with Crippen LogP contribution in [0.2, 0.25) is 5.02 Å². The zero-order valence-corrected chi connectivity index (χ0v) is 13.0. The van der Waals surface area contributed by atoms with Crippen LogP contribution in [0.1, 0.15) is 25.8 Å². The molecule has 0 fully saturated rings. The van der Waals surface area contributed by atoms with Crippen molar-refractivity contribution in [2.24, 2.45) is 0 Å². The van der Waals surface area contributed by atoms with E-state index in [0.717, 1.165) is 23.4 Å². The molecule has 0 saturated carbocycles. The maximum Gasteiger partial charge on any atom is 0.139 e. The van der Waals surface area contributed by atoms with Gasteiger partial charge in [-0.3, -0.25) is 0 Å². The Labute approximate surface area is 130 Å². The van der Waals surface area contributed by atoms with Crippen LogP contribution in [0.3, 0.4) is 0 Å². The van der Waals surface area contributed by atoms with E-state index in [1.807, 2.05) is 43.3 Å². The van der Waals surface area contributed by atoms with Crippen LogP contribution in [0, 0.1) is 0 Å². The molecule has 21 heavy (non-hydrogen) atoms. The molecular formula is C17H20ClNO2. The fourth-order valence-corrected chi connectivity index (χ4v) is 2.09. The molecule has 0 saturated heterocycles. The molecule has 2 rings (SSSR count). The molecule has 0 aliphatic rings. The first-order valence-corrected chi connectivity index (χ1v) is 7.45. The van der Waals surface area contributed by atoms with Gasteiger partial charge in [-0.2, -0.15) is 0 Å². The van der Waals surface area contributed by atoms with Crippen LogP contribution in [0.5, 0.6) is 11.5 Å². The summed E-state index contributed by atoms with van der Waals surface area (Å²) in [5, 5.41) is 13.5. The van der Waals surface area contributed by atoms with Gasteiger partial charge in [-0.1, -0.05) is 36.7 Å². The summed E-state index contributed by atoms with van der Waals surface area (Å²) in [5.41, 5.74) is 1.70. The summed E-state index contributed by atoms with van der Waals surface area (Å²) in [7, 11) is 0. The quantitative estimate of drug-likeness (QED) is 0.802. The first kappa shape index (κ1) is 15.5. The lowest BCUT2D eigenvalue weighted by Crippen LogP contribution is -2.09. The average molecular weight is 306 g/mol. The molecule has 2 N–H and O–H groups in total. The number of phenols is 1. The van der Waals surface area contributed by atoms with Crippen LogP contribution in [0.15, 0.2) is 42.5 Å². The van der Waals surface area contributed by atoms with Crippen LogP contribution < -0.4 is 10.1 Å². The van der Waals surface area contributed by atoms with E-state index in [4.69, 9.17) is 16.3 Å². The van der Waals surface area contributed by atoms with Gasteiger partial charge >= 0.3 is 0 Å². The minimum absolute atomic E-state index is 0.124. The number of para-hydroxylation sites is 1. The largest absolute Gasteiger partial charge is 0.506 e. The van der Waals surface area contributed by atoms with Gasteiger partial charge in [-0.15, -0.1) is 0 Å². The van der Waals surface area contributed by atoms with Crippen molar-refractivity contribution >= 4 is 17.3 Å². The zero-order valence-electron chi connectivity index (χ0n) is 12.3. The lowest BCUT2D eigenvalue weighted by atomic mass is 10.2. The van der Waals surface area contributed by atoms with E-state index in [1.165, 1.54) is 0 Å². The molecule has 2 aromatic rings. The average Bonchev–Trinajstić information content (AvgIpc) is 2.49. The van der Waals surface area contributed by atoms with Gasteiger partial charge in [0, 0.05) is 23.9 Å². The van der Waals surface area contributed by atoms with E-state index < -0.39 is 0 Å². The van der Waals surface area contributed by atoms with Gasteiger partial charge in [-0.25, -0.2) is 0 Å². The molecule has 112 valence electrons. The number of hydrogen-bond donors (Lipinski definition) is 2. The smallest absolute Gasteiger partial charge is 0.139 e. The van der Waals surface area contributed by atoms with E-state index in [2.05, 4.69) is 12.2 Å². The first-order valence-electron chi connectivity index (χ1n) is 7.07. The van der Waals surface area contributed by atoms with Crippen LogP contribution in [0.4, 0.5) is 5.69 Å². The van der Waals surface area contributed by atoms with Gasteiger partial charge in [0.05, 0.1) is 11.1 Å². The van der Waals surface area contributed by atoms with Crippen molar-refractivity contribution in [1.82, 2.24) is 0 Å². The van der Waals surface area contributed by atoms with Crippen molar-refractivity contribution in [1.29, 1.82) is 0 Å². The third-order valence-electron chi connectivity index (χ3n) is 3.30. The number of phenolic OH excluding ortho intramolecular Hbond substituents is 1. The molecule has 0 amide bonds. The Morgan fingerprint density at radius 2 is 2.00 bits per heavy atom. The predicted molar refractivity (Wildman–Crippen MR) is 87.3 cm³/mol. The van der Waals surface area contributed by atoms with Gasteiger partial charge in [-0.05, 0) is 31.5 Å². The molecule has 1 unspecified atom stereocenters. The SMILES string of the molecule is CCC(C)Oc1cccc(NCc2cccc(Cl)c2O)c1. The fraction of sp³-hybridized carbons (Fsp3) is 0.294. The van der Waals surface area contributed by atoms with Gasteiger partial charge < -0.3 is 15.2 Å². The summed E-state index contributed by atoms with van der Waals surface area (Å²) in [4.78, 5) is 0. The van der Waals surface area contributed by atoms with Crippen LogP contribution >= 0.6 is 11.6 Å². The Morgan fingerprint density at radius 1 is 1.24 bits per heavy atom. The molecule has 0 spiro atoms. The van der Waals surface area contributed by atoms with Gasteiger partial charge in [0.15, 0.2) is 0 Å². The molecule has 1 atom stereocenters. The number of benzene rings is 2. The topological polar surface area (TPSA) is 41.5 Å². The highest BCUT2D eigenvalue weighted by Crippen LogP contribution is 2.28. The molecule has 0 radical (unpaired) electrons. The Morgan fingerprint density at radius 3 is 2.76 bits per heavy atom. The van der Waals surface area contributed by atoms with Crippen molar-refractivity contribution in [2.75, 3.05) is 5.32 Å². The molecule has 4 heteroatoms. The summed E-state index contributed by atoms with van der Waals surface area (Å²) < 4.78 is 5.79. The normalized spacial score (nSPS) is 12.0. The summed E-state index contributed by atoms with van der Waals surface area (Å²) in [5.74, 6) is 0.961. The highest BCUT2D eigenvalue weighted by Gasteiger charge is 2.06. The molecule has 0 heterocycles. The number of hydrogen-bond acceptors (Lipinski definition) is 3. The highest BCUT2D eigenvalue weighted by molar-refractivity contribution is 6.32. The van der Waals surface area contributed by atoms with Gasteiger partial charge in [0.25, 0.3) is 0 Å². The molecule has 2 aromatic carbocycles. The van der Waals surface area contributed by atoms with E-state index in [0.29, 0.717) is 11.6 Å². The lowest BCUT2D eigenvalue weighted by Gasteiger charge is -2.14. The number of halogens is 1. The minimum atomic E-state index is 0.124. The lowest BCUT2D eigenvalue weighted by molar-refractivity contribution is 0.217. The second-order valence-electron chi connectivity index (χ2n) is 4.97. The van der Waals surface area contributed by atoms with Crippen molar-refractivity contribution in [2.45, 2.75) is 32.9 Å². The van der Waals surface area contributed by atoms with Gasteiger partial charge in [0.1, 0.15) is 11.5 Å². The molecule has 0 aromatic heterocycles. The monoisotopic (exact) mass is 305 g/mol. The number of anilines is 1. The number of aromatic hydroxyl groups is 1. The van der Waals surface area contributed by atoms with Gasteiger partial charge in [0.2, 0.25) is 0 Å². The van der Waals surface area contributed by atoms with E-state index >= 15 is 0 Å². The highest BCUT2D eigenvalue weighted by atomic mass is 35.5. The third-order valence-corrected chi connectivity index (χ3v) is 3.60. The van der Waals surface area contributed by atoms with E-state index in [9.17, 15) is 5.11 Å². The molecule has 0 aliphatic heterocycles. The van der Waals surface area contributed by atoms with Crippen molar-refractivity contribution in [3.63, 3.8) is 0 Å². The number of ether oxygens (including phenoxy) is 1. The third kappa shape index (κ3) is 4.30. The first-order chi connectivity index (χ1) is 10.1. The predicted octanol–water partition coefficient (Wildman–Crippen LogP) is 4.84. The second-order valence-corrected chi connectivity index (χ2v) is 5.37. The van der Waals surface area contributed by atoms with E-state index in [1.54, 1.807) is 6.07 Å². The van der Waals surface area contributed by atoms with Crippen LogP contribution in [-0.2, 0) is 6.54 Å². The summed E-state index contributed by atoms with van der Waals surface area (Å²) in [6.07, 6.45) is 1.16. The maximum absolute atomic E-state index is 9.88. The van der Waals surface area contributed by atoms with Crippen molar-refractivity contribution < 1.29 is 9.84 Å². The summed E-state index contributed by atoms with van der Waals surface area (Å²) >= 11 is 5.90. The van der Waals surface area contributed by atoms with Crippen LogP contribution in [0.25, 0.3) is 0 Å². The Balaban J connectivity index is 2.03. The van der Waals surface area contributed by atoms with Crippen molar-refractivity contribution in [3.05, 3.63) is 53.1 Å². The summed E-state index contributed by atoms with van der Waals surface area (Å²) in [6, 6.07) is 13.1. The molecular weight excluding hydrogens is 286 g/mol. The Kier molecular flexibility index (Phi) is 5.34. The Hall–Kier alpha value is -1.87. The number of nitrogens with one attached hydrogen (secondary N) is 1. The zero-order chi connectivity index (χ0) is 15.2. The minimum Gasteiger partial charge on any atom is -0.506 e. The maximum atomic E-state index is 9.88. The number of rotatable bonds is 6. The standard InChI is InChI=1S/C17H20ClNO2/c1-3-12(2)21-15-8-5-7-14(10-15)19-11-13-6-4-9-16(18)17(13)20/h4-10,12,19-20H,3,11H2,1-2H3. The fourth-order valence-electron chi connectivity index (χ4n) is 1.89. The molecule has 0 aliphatic carbocycles. The Bertz CT molecular complexity index is 601. The van der Waals surface area contributed by atoms with Crippen LogP contribution in [-0.4, -0.2) is 11.2 Å². The second kappa shape index (κ2) is 7.23. The summed E-state index contributed by atoms with van der Waals surface area (Å²) in [6.45, 7) is 4.64. The molecule has 3 nitrogen and oxygen atoms in total. The molecule has 0 bridgehead atoms.